The Hall–Kier alpha value is -0.120. The van der Waals surface area contributed by atoms with Crippen molar-refractivity contribution >= 4 is 0 Å². The molecule has 0 rings (SSSR count). The molecule has 0 aromatic carbocycles. The van der Waals surface area contributed by atoms with Gasteiger partial charge < -0.3 is 14.6 Å². The van der Waals surface area contributed by atoms with Crippen molar-refractivity contribution in [3.05, 3.63) is 0 Å². The Kier molecular flexibility index (Phi) is 3.77. The zero-order valence-electron chi connectivity index (χ0n) is 5.42. The highest BCUT2D eigenvalue weighted by atomic mass is 16.8. The molecule has 0 aromatic rings. The van der Waals surface area contributed by atoms with Crippen LogP contribution in [-0.4, -0.2) is 24.8 Å². The normalized spacial score (nSPS) is 14.6. The van der Waals surface area contributed by atoms with E-state index in [0.29, 0.717) is 0 Å². The van der Waals surface area contributed by atoms with E-state index < -0.39 is 6.48 Å². The van der Waals surface area contributed by atoms with E-state index in [1.165, 1.54) is 7.11 Å². The summed E-state index contributed by atoms with van der Waals surface area (Å²) in [6.07, 6.45) is 0.00458. The van der Waals surface area contributed by atoms with Gasteiger partial charge in [-0.05, 0) is 13.8 Å². The minimum absolute atomic E-state index is 0.00458. The summed E-state index contributed by atoms with van der Waals surface area (Å²) in [5, 5.41) is 8.58. The molecule has 1 N–H and O–H groups in total. The highest BCUT2D eigenvalue weighted by molar-refractivity contribution is 4.31. The van der Waals surface area contributed by atoms with Crippen molar-refractivity contribution < 1.29 is 14.6 Å². The van der Waals surface area contributed by atoms with E-state index in [-0.39, 0.29) is 6.10 Å². The van der Waals surface area contributed by atoms with Crippen LogP contribution in [0.3, 0.4) is 0 Å². The van der Waals surface area contributed by atoms with Crippen LogP contribution in [0, 0.1) is 0 Å². The highest BCUT2D eigenvalue weighted by Gasteiger charge is 2.01. The van der Waals surface area contributed by atoms with Crippen molar-refractivity contribution in [2.24, 2.45) is 0 Å². The number of hydrogen-bond donors (Lipinski definition) is 1. The van der Waals surface area contributed by atoms with Crippen LogP contribution in [-0.2, 0) is 9.47 Å². The lowest BCUT2D eigenvalue weighted by atomic mass is 10.5. The van der Waals surface area contributed by atoms with Gasteiger partial charge in [-0.3, -0.25) is 0 Å². The molecule has 8 heavy (non-hydrogen) atoms. The molecule has 1 unspecified atom stereocenters. The SMILES string of the molecule is COC(O)OC(C)C. The van der Waals surface area contributed by atoms with E-state index in [1.807, 2.05) is 13.8 Å². The van der Waals surface area contributed by atoms with Gasteiger partial charge >= 0.3 is 0 Å². The van der Waals surface area contributed by atoms with Crippen molar-refractivity contribution in [2.45, 2.75) is 26.4 Å². The monoisotopic (exact) mass is 120 g/mol. The minimum Gasteiger partial charge on any atom is -0.346 e. The summed E-state index contributed by atoms with van der Waals surface area (Å²) in [5.74, 6) is 0. The average Bonchev–Trinajstić information content (AvgIpc) is 1.65. The van der Waals surface area contributed by atoms with Gasteiger partial charge in [0.1, 0.15) is 0 Å². The number of aliphatic hydroxyl groups excluding tert-OH is 1. The molecule has 0 aliphatic rings. The molecule has 0 saturated heterocycles. The first-order chi connectivity index (χ1) is 3.66. The number of ether oxygens (including phenoxy) is 2. The molecule has 0 spiro atoms. The van der Waals surface area contributed by atoms with Crippen LogP contribution in [0.25, 0.3) is 0 Å². The van der Waals surface area contributed by atoms with Crippen molar-refractivity contribution in [3.63, 3.8) is 0 Å². The quantitative estimate of drug-likeness (QED) is 0.545. The molecule has 0 aromatic heterocycles. The topological polar surface area (TPSA) is 38.7 Å². The lowest BCUT2D eigenvalue weighted by Gasteiger charge is -2.11. The zero-order valence-corrected chi connectivity index (χ0v) is 5.42. The predicted molar refractivity (Wildman–Crippen MR) is 29.2 cm³/mol. The fraction of sp³-hybridized carbons (Fsp3) is 1.00. The summed E-state index contributed by atoms with van der Waals surface area (Å²) in [4.78, 5) is 0. The van der Waals surface area contributed by atoms with E-state index >= 15 is 0 Å². The second kappa shape index (κ2) is 3.83. The summed E-state index contributed by atoms with van der Waals surface area (Å²) in [6.45, 7) is 2.57. The third-order valence-corrected chi connectivity index (χ3v) is 0.590. The lowest BCUT2D eigenvalue weighted by molar-refractivity contribution is -0.264. The molecule has 0 fully saturated rings. The molecule has 0 bridgehead atoms. The number of rotatable bonds is 3. The molecular formula is C5H12O3. The molecule has 0 radical (unpaired) electrons. The number of hydrogen-bond acceptors (Lipinski definition) is 3. The Morgan fingerprint density at radius 2 is 1.88 bits per heavy atom. The Labute approximate surface area is 49.2 Å². The largest absolute Gasteiger partial charge is 0.346 e. The van der Waals surface area contributed by atoms with Gasteiger partial charge in [0.25, 0.3) is 6.48 Å². The molecule has 1 atom stereocenters. The van der Waals surface area contributed by atoms with Gasteiger partial charge in [0, 0.05) is 7.11 Å². The molecule has 50 valence electrons. The first kappa shape index (κ1) is 7.88. The summed E-state index contributed by atoms with van der Waals surface area (Å²) in [6, 6.07) is 0. The summed E-state index contributed by atoms with van der Waals surface area (Å²) >= 11 is 0. The van der Waals surface area contributed by atoms with Crippen LogP contribution in [0.4, 0.5) is 0 Å². The van der Waals surface area contributed by atoms with Gasteiger partial charge in [-0.15, -0.1) is 0 Å². The third-order valence-electron chi connectivity index (χ3n) is 0.590. The maximum Gasteiger partial charge on any atom is 0.269 e. The van der Waals surface area contributed by atoms with Gasteiger partial charge in [-0.1, -0.05) is 0 Å². The van der Waals surface area contributed by atoms with E-state index in [4.69, 9.17) is 9.84 Å². The van der Waals surface area contributed by atoms with E-state index in [9.17, 15) is 0 Å². The molecule has 3 nitrogen and oxygen atoms in total. The number of aliphatic hydroxyl groups is 1. The number of methoxy groups -OCH3 is 1. The Bertz CT molecular complexity index is 53.6. The maximum atomic E-state index is 8.58. The fourth-order valence-corrected chi connectivity index (χ4v) is 0.288. The van der Waals surface area contributed by atoms with Crippen molar-refractivity contribution in [1.82, 2.24) is 0 Å². The first-order valence-electron chi connectivity index (χ1n) is 2.53. The van der Waals surface area contributed by atoms with E-state index in [2.05, 4.69) is 4.74 Å². The van der Waals surface area contributed by atoms with Gasteiger partial charge in [0.15, 0.2) is 0 Å². The van der Waals surface area contributed by atoms with Gasteiger partial charge in [0.2, 0.25) is 0 Å². The van der Waals surface area contributed by atoms with Gasteiger partial charge in [-0.25, -0.2) is 0 Å². The minimum atomic E-state index is -1.07. The third kappa shape index (κ3) is 4.05. The Morgan fingerprint density at radius 3 is 2.00 bits per heavy atom. The van der Waals surface area contributed by atoms with Crippen LogP contribution in [0.1, 0.15) is 13.8 Å². The standard InChI is InChI=1S/C5H12O3/c1-4(2)8-5(6)7-3/h4-6H,1-3H3. The maximum absolute atomic E-state index is 8.58. The summed E-state index contributed by atoms with van der Waals surface area (Å²) in [7, 11) is 1.38. The lowest BCUT2D eigenvalue weighted by Crippen LogP contribution is -2.18. The van der Waals surface area contributed by atoms with Crippen molar-refractivity contribution in [3.8, 4) is 0 Å². The van der Waals surface area contributed by atoms with Crippen LogP contribution in [0.15, 0.2) is 0 Å². The molecule has 0 aliphatic heterocycles. The first-order valence-corrected chi connectivity index (χ1v) is 2.53. The molecule has 0 aliphatic carbocycles. The molecule has 0 heterocycles. The molecule has 0 saturated carbocycles. The predicted octanol–water partition coefficient (Wildman–Crippen LogP) is 0.334. The van der Waals surface area contributed by atoms with Crippen LogP contribution in [0.5, 0.6) is 0 Å². The average molecular weight is 120 g/mol. The van der Waals surface area contributed by atoms with Crippen molar-refractivity contribution in [1.29, 1.82) is 0 Å². The smallest absolute Gasteiger partial charge is 0.269 e. The van der Waals surface area contributed by atoms with Gasteiger partial charge in [-0.2, -0.15) is 0 Å². The van der Waals surface area contributed by atoms with Crippen LogP contribution < -0.4 is 0 Å². The second-order valence-corrected chi connectivity index (χ2v) is 1.73. The van der Waals surface area contributed by atoms with Gasteiger partial charge in [0.05, 0.1) is 6.10 Å². The summed E-state index contributed by atoms with van der Waals surface area (Å²) in [5.41, 5.74) is 0. The second-order valence-electron chi connectivity index (χ2n) is 1.73. The van der Waals surface area contributed by atoms with E-state index in [1.54, 1.807) is 0 Å². The van der Waals surface area contributed by atoms with Crippen LogP contribution >= 0.6 is 0 Å². The van der Waals surface area contributed by atoms with Crippen molar-refractivity contribution in [2.75, 3.05) is 7.11 Å². The molecule has 0 amide bonds. The highest BCUT2D eigenvalue weighted by Crippen LogP contribution is 1.92. The van der Waals surface area contributed by atoms with Crippen LogP contribution in [0.2, 0.25) is 0 Å². The summed E-state index contributed by atoms with van der Waals surface area (Å²) < 4.78 is 9.13. The Balaban J connectivity index is 3.10. The molecule has 3 heteroatoms. The van der Waals surface area contributed by atoms with E-state index in [0.717, 1.165) is 0 Å². The Morgan fingerprint density at radius 1 is 1.38 bits per heavy atom. The molecular weight excluding hydrogens is 108 g/mol. The zero-order chi connectivity index (χ0) is 6.57. The fourth-order valence-electron chi connectivity index (χ4n) is 0.288.